The summed E-state index contributed by atoms with van der Waals surface area (Å²) in [5.74, 6) is 0.221. The molecule has 1 unspecified atom stereocenters. The molecule has 0 radical (unpaired) electrons. The highest BCUT2D eigenvalue weighted by atomic mass is 16.5. The molecule has 0 spiro atoms. The number of oxime groups is 1. The predicted molar refractivity (Wildman–Crippen MR) is 53.4 cm³/mol. The standard InChI is InChI=1S/C8H19N3O3/c1-14-6-7(5-12)10-4-2-3-8(9)11-13/h7,10,12-13H,2-6H2,1H3,(H2,9,11). The molecular formula is C8H19N3O3. The lowest BCUT2D eigenvalue weighted by Crippen LogP contribution is -2.37. The van der Waals surface area contributed by atoms with Crippen molar-refractivity contribution in [1.82, 2.24) is 5.32 Å². The van der Waals surface area contributed by atoms with Gasteiger partial charge in [0.15, 0.2) is 0 Å². The third kappa shape index (κ3) is 6.64. The molecule has 6 heteroatoms. The maximum Gasteiger partial charge on any atom is 0.139 e. The summed E-state index contributed by atoms with van der Waals surface area (Å²) in [6.07, 6.45) is 1.30. The molecule has 0 heterocycles. The summed E-state index contributed by atoms with van der Waals surface area (Å²) in [5.41, 5.74) is 5.28. The summed E-state index contributed by atoms with van der Waals surface area (Å²) in [7, 11) is 1.58. The second-order valence-corrected chi connectivity index (χ2v) is 2.98. The van der Waals surface area contributed by atoms with E-state index in [1.165, 1.54) is 0 Å². The van der Waals surface area contributed by atoms with Crippen LogP contribution in [0.15, 0.2) is 5.16 Å². The summed E-state index contributed by atoms with van der Waals surface area (Å²) < 4.78 is 4.88. The number of nitrogens with one attached hydrogen (secondary N) is 1. The molecule has 0 aliphatic heterocycles. The number of hydrogen-bond donors (Lipinski definition) is 4. The minimum Gasteiger partial charge on any atom is -0.409 e. The molecule has 0 aliphatic carbocycles. The average Bonchev–Trinajstić information content (AvgIpc) is 2.22. The topological polar surface area (TPSA) is 100 Å². The zero-order valence-electron chi connectivity index (χ0n) is 8.44. The van der Waals surface area contributed by atoms with Gasteiger partial charge in [0.05, 0.1) is 19.3 Å². The zero-order valence-corrected chi connectivity index (χ0v) is 8.44. The van der Waals surface area contributed by atoms with E-state index in [0.717, 1.165) is 6.42 Å². The highest BCUT2D eigenvalue weighted by Gasteiger charge is 2.04. The third-order valence-electron chi connectivity index (χ3n) is 1.76. The Kier molecular flexibility index (Phi) is 8.20. The molecule has 0 bridgehead atoms. The van der Waals surface area contributed by atoms with Gasteiger partial charge in [0.25, 0.3) is 0 Å². The van der Waals surface area contributed by atoms with Crippen molar-refractivity contribution in [2.45, 2.75) is 18.9 Å². The first-order chi connectivity index (χ1) is 6.74. The van der Waals surface area contributed by atoms with Gasteiger partial charge in [0, 0.05) is 13.5 Å². The molecule has 0 aromatic heterocycles. The predicted octanol–water partition coefficient (Wildman–Crippen LogP) is -0.890. The number of ether oxygens (including phenoxy) is 1. The highest BCUT2D eigenvalue weighted by molar-refractivity contribution is 5.79. The van der Waals surface area contributed by atoms with Crippen LogP contribution in [0.2, 0.25) is 0 Å². The Morgan fingerprint density at radius 2 is 2.36 bits per heavy atom. The van der Waals surface area contributed by atoms with E-state index in [1.807, 2.05) is 0 Å². The Labute approximate surface area is 83.7 Å². The smallest absolute Gasteiger partial charge is 0.139 e. The summed E-state index contributed by atoms with van der Waals surface area (Å²) in [6, 6.07) is -0.0488. The van der Waals surface area contributed by atoms with Gasteiger partial charge in [0.1, 0.15) is 5.84 Å². The Morgan fingerprint density at radius 3 is 2.86 bits per heavy atom. The van der Waals surface area contributed by atoms with E-state index in [4.69, 9.17) is 20.8 Å². The van der Waals surface area contributed by atoms with Crippen LogP contribution in [-0.2, 0) is 4.74 Å². The van der Waals surface area contributed by atoms with Crippen molar-refractivity contribution in [3.8, 4) is 0 Å². The van der Waals surface area contributed by atoms with E-state index in [9.17, 15) is 0 Å². The Hall–Kier alpha value is -0.850. The van der Waals surface area contributed by atoms with E-state index < -0.39 is 0 Å². The van der Waals surface area contributed by atoms with Gasteiger partial charge in [-0.05, 0) is 13.0 Å². The second kappa shape index (κ2) is 8.74. The number of amidine groups is 1. The first-order valence-corrected chi connectivity index (χ1v) is 4.54. The molecule has 0 saturated carbocycles. The van der Waals surface area contributed by atoms with Gasteiger partial charge < -0.3 is 26.1 Å². The van der Waals surface area contributed by atoms with Crippen molar-refractivity contribution in [1.29, 1.82) is 0 Å². The lowest BCUT2D eigenvalue weighted by molar-refractivity contribution is 0.129. The van der Waals surface area contributed by atoms with Gasteiger partial charge in [-0.25, -0.2) is 0 Å². The molecule has 6 nitrogen and oxygen atoms in total. The quantitative estimate of drug-likeness (QED) is 0.135. The zero-order chi connectivity index (χ0) is 10.8. The Bertz CT molecular complexity index is 164. The summed E-state index contributed by atoms with van der Waals surface area (Å²) >= 11 is 0. The molecule has 0 aromatic rings. The van der Waals surface area contributed by atoms with Crippen molar-refractivity contribution < 1.29 is 15.1 Å². The van der Waals surface area contributed by atoms with Gasteiger partial charge in [-0.1, -0.05) is 5.16 Å². The summed E-state index contributed by atoms with van der Waals surface area (Å²) in [4.78, 5) is 0. The van der Waals surface area contributed by atoms with Crippen molar-refractivity contribution in [3.63, 3.8) is 0 Å². The van der Waals surface area contributed by atoms with Crippen LogP contribution in [0, 0.1) is 0 Å². The van der Waals surface area contributed by atoms with Crippen molar-refractivity contribution >= 4 is 5.84 Å². The van der Waals surface area contributed by atoms with Gasteiger partial charge in [-0.3, -0.25) is 0 Å². The number of methoxy groups -OCH3 is 1. The largest absolute Gasteiger partial charge is 0.409 e. The highest BCUT2D eigenvalue weighted by Crippen LogP contribution is 1.89. The van der Waals surface area contributed by atoms with E-state index in [1.54, 1.807) is 7.11 Å². The minimum absolute atomic E-state index is 0.0391. The molecule has 5 N–H and O–H groups in total. The molecule has 0 fully saturated rings. The number of nitrogens with zero attached hydrogens (tertiary/aromatic N) is 1. The van der Waals surface area contributed by atoms with E-state index >= 15 is 0 Å². The fraction of sp³-hybridized carbons (Fsp3) is 0.875. The molecule has 1 atom stereocenters. The van der Waals surface area contributed by atoms with Crippen LogP contribution in [0.5, 0.6) is 0 Å². The molecule has 84 valence electrons. The second-order valence-electron chi connectivity index (χ2n) is 2.98. The van der Waals surface area contributed by atoms with Gasteiger partial charge in [0.2, 0.25) is 0 Å². The average molecular weight is 205 g/mol. The molecule has 14 heavy (non-hydrogen) atoms. The molecule has 0 saturated heterocycles. The summed E-state index contributed by atoms with van der Waals surface area (Å²) in [6.45, 7) is 1.21. The Morgan fingerprint density at radius 1 is 1.64 bits per heavy atom. The lowest BCUT2D eigenvalue weighted by Gasteiger charge is -2.14. The summed E-state index contributed by atoms with van der Waals surface area (Å²) in [5, 5.41) is 23.1. The number of hydrogen-bond acceptors (Lipinski definition) is 5. The fourth-order valence-electron chi connectivity index (χ4n) is 1.00. The minimum atomic E-state index is -0.0488. The maximum absolute atomic E-state index is 8.88. The van der Waals surface area contributed by atoms with E-state index in [-0.39, 0.29) is 18.5 Å². The maximum atomic E-state index is 8.88. The number of aliphatic hydroxyl groups excluding tert-OH is 1. The molecule has 0 aromatic carbocycles. The normalized spacial score (nSPS) is 14.3. The van der Waals surface area contributed by atoms with Gasteiger partial charge >= 0.3 is 0 Å². The van der Waals surface area contributed by atoms with Crippen molar-refractivity contribution in [3.05, 3.63) is 0 Å². The first-order valence-electron chi connectivity index (χ1n) is 4.54. The van der Waals surface area contributed by atoms with Gasteiger partial charge in [-0.15, -0.1) is 0 Å². The number of aliphatic hydroxyl groups is 1. The van der Waals surface area contributed by atoms with Crippen molar-refractivity contribution in [2.24, 2.45) is 10.9 Å². The molecule has 0 aliphatic rings. The van der Waals surface area contributed by atoms with Crippen LogP contribution in [0.1, 0.15) is 12.8 Å². The van der Waals surface area contributed by atoms with Crippen LogP contribution in [0.25, 0.3) is 0 Å². The Balaban J connectivity index is 3.41. The number of rotatable bonds is 8. The monoisotopic (exact) mass is 205 g/mol. The molecule has 0 rings (SSSR count). The van der Waals surface area contributed by atoms with Crippen molar-refractivity contribution in [2.75, 3.05) is 26.9 Å². The van der Waals surface area contributed by atoms with Crippen LogP contribution < -0.4 is 11.1 Å². The van der Waals surface area contributed by atoms with Crippen LogP contribution >= 0.6 is 0 Å². The lowest BCUT2D eigenvalue weighted by atomic mass is 10.2. The van der Waals surface area contributed by atoms with Crippen LogP contribution in [0.4, 0.5) is 0 Å². The van der Waals surface area contributed by atoms with E-state index in [2.05, 4.69) is 10.5 Å². The van der Waals surface area contributed by atoms with Crippen LogP contribution in [-0.4, -0.2) is 49.1 Å². The molecule has 0 amide bonds. The third-order valence-corrected chi connectivity index (χ3v) is 1.76. The fourth-order valence-corrected chi connectivity index (χ4v) is 1.00. The van der Waals surface area contributed by atoms with Crippen LogP contribution in [0.3, 0.4) is 0 Å². The SMILES string of the molecule is COCC(CO)NCCCC(N)=NO. The first kappa shape index (κ1) is 13.2. The number of nitrogens with two attached hydrogens (primary N) is 1. The van der Waals surface area contributed by atoms with Gasteiger partial charge in [-0.2, -0.15) is 0 Å². The van der Waals surface area contributed by atoms with E-state index in [0.29, 0.717) is 19.6 Å². The molecular weight excluding hydrogens is 186 g/mol.